The number of hydrogen-bond donors (Lipinski definition) is 0. The van der Waals surface area contributed by atoms with Crippen LogP contribution in [0.2, 0.25) is 0 Å². The van der Waals surface area contributed by atoms with Crippen LogP contribution < -0.4 is 0 Å². The highest BCUT2D eigenvalue weighted by Crippen LogP contribution is 2.39. The zero-order valence-corrected chi connectivity index (χ0v) is 9.97. The minimum Gasteiger partial charge on any atom is -0.342 e. The molecule has 1 rings (SSSR count). The summed E-state index contributed by atoms with van der Waals surface area (Å²) in [5.74, 6) is 1.02. The summed E-state index contributed by atoms with van der Waals surface area (Å²) in [5, 5.41) is 0. The van der Waals surface area contributed by atoms with Crippen molar-refractivity contribution in [2.75, 3.05) is 13.1 Å². The molecule has 0 radical (unpaired) electrons. The molecule has 2 heteroatoms. The van der Waals surface area contributed by atoms with Crippen LogP contribution in [0.25, 0.3) is 0 Å². The van der Waals surface area contributed by atoms with Gasteiger partial charge in [0.2, 0.25) is 5.91 Å². The molecule has 2 nitrogen and oxygen atoms in total. The molecule has 1 heterocycles. The molecular weight excluding hydrogens is 174 g/mol. The van der Waals surface area contributed by atoms with Crippen LogP contribution in [0.3, 0.4) is 0 Å². The van der Waals surface area contributed by atoms with E-state index in [2.05, 4.69) is 20.8 Å². The SMILES string of the molecule is CCC1(CCC(C)C)CN(C(C)=O)C1. The van der Waals surface area contributed by atoms with Gasteiger partial charge >= 0.3 is 0 Å². The molecule has 0 aromatic carbocycles. The lowest BCUT2D eigenvalue weighted by atomic mass is 9.72. The van der Waals surface area contributed by atoms with Crippen molar-refractivity contribution in [1.82, 2.24) is 4.90 Å². The van der Waals surface area contributed by atoms with Crippen LogP contribution in [0.4, 0.5) is 0 Å². The first kappa shape index (κ1) is 11.5. The summed E-state index contributed by atoms with van der Waals surface area (Å²) in [4.78, 5) is 13.1. The molecule has 1 fully saturated rings. The zero-order chi connectivity index (χ0) is 10.8. The first-order valence-corrected chi connectivity index (χ1v) is 5.74. The normalized spacial score (nSPS) is 19.6. The van der Waals surface area contributed by atoms with E-state index in [4.69, 9.17) is 0 Å². The van der Waals surface area contributed by atoms with Crippen LogP contribution in [0.15, 0.2) is 0 Å². The Hall–Kier alpha value is -0.530. The summed E-state index contributed by atoms with van der Waals surface area (Å²) in [6, 6.07) is 0. The van der Waals surface area contributed by atoms with Crippen LogP contribution in [0.5, 0.6) is 0 Å². The Kier molecular flexibility index (Phi) is 3.57. The topological polar surface area (TPSA) is 20.3 Å². The molecule has 0 atom stereocenters. The lowest BCUT2D eigenvalue weighted by molar-refractivity contribution is -0.141. The molecule has 82 valence electrons. The number of carbonyl (C=O) groups excluding carboxylic acids is 1. The summed E-state index contributed by atoms with van der Waals surface area (Å²) in [6.45, 7) is 10.4. The molecule has 0 bridgehead atoms. The fraction of sp³-hybridized carbons (Fsp3) is 0.917. The summed E-state index contributed by atoms with van der Waals surface area (Å²) in [6.07, 6.45) is 3.79. The van der Waals surface area contributed by atoms with Gasteiger partial charge in [-0.2, -0.15) is 0 Å². The van der Waals surface area contributed by atoms with Gasteiger partial charge in [-0.3, -0.25) is 4.79 Å². The highest BCUT2D eigenvalue weighted by Gasteiger charge is 2.41. The van der Waals surface area contributed by atoms with Gasteiger partial charge < -0.3 is 4.90 Å². The second-order valence-electron chi connectivity index (χ2n) is 5.16. The van der Waals surface area contributed by atoms with Crippen molar-refractivity contribution in [2.24, 2.45) is 11.3 Å². The first-order valence-electron chi connectivity index (χ1n) is 5.74. The van der Waals surface area contributed by atoms with E-state index in [1.54, 1.807) is 6.92 Å². The first-order chi connectivity index (χ1) is 6.49. The Morgan fingerprint density at radius 3 is 2.36 bits per heavy atom. The summed E-state index contributed by atoms with van der Waals surface area (Å²) in [7, 11) is 0. The molecule has 0 N–H and O–H groups in total. The number of amides is 1. The Bertz CT molecular complexity index is 204. The van der Waals surface area contributed by atoms with E-state index >= 15 is 0 Å². The Morgan fingerprint density at radius 1 is 1.43 bits per heavy atom. The largest absolute Gasteiger partial charge is 0.342 e. The van der Waals surface area contributed by atoms with Crippen molar-refractivity contribution >= 4 is 5.91 Å². The van der Waals surface area contributed by atoms with Gasteiger partial charge in [0.1, 0.15) is 0 Å². The zero-order valence-electron chi connectivity index (χ0n) is 9.97. The van der Waals surface area contributed by atoms with Crippen molar-refractivity contribution < 1.29 is 4.79 Å². The van der Waals surface area contributed by atoms with E-state index in [1.165, 1.54) is 19.3 Å². The second-order valence-corrected chi connectivity index (χ2v) is 5.16. The third-order valence-electron chi connectivity index (χ3n) is 3.50. The molecule has 1 aliphatic heterocycles. The van der Waals surface area contributed by atoms with Gasteiger partial charge in [-0.25, -0.2) is 0 Å². The predicted molar refractivity (Wildman–Crippen MR) is 59.1 cm³/mol. The molecule has 0 aromatic heterocycles. The average Bonchev–Trinajstić information content (AvgIpc) is 2.02. The number of nitrogens with zero attached hydrogens (tertiary/aromatic N) is 1. The van der Waals surface area contributed by atoms with Crippen LogP contribution in [-0.4, -0.2) is 23.9 Å². The van der Waals surface area contributed by atoms with E-state index in [1.807, 2.05) is 4.90 Å². The van der Waals surface area contributed by atoms with Crippen LogP contribution in [0.1, 0.15) is 47.0 Å². The Labute approximate surface area is 87.7 Å². The Balaban J connectivity index is 2.37. The fourth-order valence-corrected chi connectivity index (χ4v) is 2.14. The summed E-state index contributed by atoms with van der Waals surface area (Å²) >= 11 is 0. The van der Waals surface area contributed by atoms with E-state index in [-0.39, 0.29) is 5.91 Å². The number of likely N-dealkylation sites (tertiary alicyclic amines) is 1. The van der Waals surface area contributed by atoms with Gasteiger partial charge in [-0.15, -0.1) is 0 Å². The van der Waals surface area contributed by atoms with Crippen LogP contribution in [-0.2, 0) is 4.79 Å². The average molecular weight is 197 g/mol. The molecule has 1 amide bonds. The smallest absolute Gasteiger partial charge is 0.219 e. The highest BCUT2D eigenvalue weighted by atomic mass is 16.2. The quantitative estimate of drug-likeness (QED) is 0.678. The van der Waals surface area contributed by atoms with Gasteiger partial charge in [-0.1, -0.05) is 27.2 Å². The van der Waals surface area contributed by atoms with Crippen molar-refractivity contribution in [2.45, 2.75) is 47.0 Å². The Morgan fingerprint density at radius 2 is 2.00 bits per heavy atom. The minimum absolute atomic E-state index is 0.235. The maximum Gasteiger partial charge on any atom is 0.219 e. The van der Waals surface area contributed by atoms with Crippen LogP contribution in [0, 0.1) is 11.3 Å². The van der Waals surface area contributed by atoms with E-state index in [9.17, 15) is 4.79 Å². The standard InChI is InChI=1S/C12H23NO/c1-5-12(7-6-10(2)3)8-13(9-12)11(4)14/h10H,5-9H2,1-4H3. The molecule has 0 spiro atoms. The van der Waals surface area contributed by atoms with Crippen molar-refractivity contribution in [3.63, 3.8) is 0 Å². The lowest BCUT2D eigenvalue weighted by Crippen LogP contribution is -2.57. The molecule has 1 saturated heterocycles. The third-order valence-corrected chi connectivity index (χ3v) is 3.50. The molecule has 0 unspecified atom stereocenters. The molecule has 1 aliphatic rings. The molecule has 0 saturated carbocycles. The molecule has 14 heavy (non-hydrogen) atoms. The molecule has 0 aromatic rings. The number of carbonyl (C=O) groups is 1. The minimum atomic E-state index is 0.235. The fourth-order valence-electron chi connectivity index (χ4n) is 2.14. The third kappa shape index (κ3) is 2.49. The molecule has 0 aliphatic carbocycles. The number of rotatable bonds is 4. The van der Waals surface area contributed by atoms with Crippen molar-refractivity contribution in [3.8, 4) is 0 Å². The van der Waals surface area contributed by atoms with Gasteiger partial charge in [0.25, 0.3) is 0 Å². The lowest BCUT2D eigenvalue weighted by Gasteiger charge is -2.50. The monoisotopic (exact) mass is 197 g/mol. The van der Waals surface area contributed by atoms with Gasteiger partial charge in [0.05, 0.1) is 0 Å². The van der Waals surface area contributed by atoms with Crippen molar-refractivity contribution in [1.29, 1.82) is 0 Å². The molecular formula is C12H23NO. The van der Waals surface area contributed by atoms with Gasteiger partial charge in [0, 0.05) is 25.4 Å². The van der Waals surface area contributed by atoms with E-state index in [0.29, 0.717) is 5.41 Å². The van der Waals surface area contributed by atoms with Crippen molar-refractivity contribution in [3.05, 3.63) is 0 Å². The van der Waals surface area contributed by atoms with Crippen LogP contribution >= 0.6 is 0 Å². The summed E-state index contributed by atoms with van der Waals surface area (Å²) in [5.41, 5.74) is 0.454. The van der Waals surface area contributed by atoms with Gasteiger partial charge in [-0.05, 0) is 18.8 Å². The summed E-state index contributed by atoms with van der Waals surface area (Å²) < 4.78 is 0. The highest BCUT2D eigenvalue weighted by molar-refractivity contribution is 5.74. The maximum atomic E-state index is 11.1. The predicted octanol–water partition coefficient (Wildman–Crippen LogP) is 2.68. The number of hydrogen-bond acceptors (Lipinski definition) is 1. The maximum absolute atomic E-state index is 11.1. The van der Waals surface area contributed by atoms with Gasteiger partial charge in [0.15, 0.2) is 0 Å². The second kappa shape index (κ2) is 4.33. The van der Waals surface area contributed by atoms with E-state index in [0.717, 1.165) is 19.0 Å². The van der Waals surface area contributed by atoms with E-state index < -0.39 is 0 Å².